The SMILES string of the molecule is COC[C@@H]1CCCN1C[C@@H]1O[C@H](c2ccc(NC(=O)N[C@@H](Cc3ccccc3)C(=O)OC)cc2)O[C@H](c2ccc(CO)cc2)[C@@H]1C. The van der Waals surface area contributed by atoms with Gasteiger partial charge < -0.3 is 34.7 Å². The Morgan fingerprint density at radius 2 is 1.67 bits per heavy atom. The van der Waals surface area contributed by atoms with Crippen molar-refractivity contribution in [2.75, 3.05) is 39.2 Å². The van der Waals surface area contributed by atoms with Gasteiger partial charge >= 0.3 is 12.0 Å². The smallest absolute Gasteiger partial charge is 0.328 e. The molecule has 46 heavy (non-hydrogen) atoms. The van der Waals surface area contributed by atoms with Crippen LogP contribution in [0.3, 0.4) is 0 Å². The van der Waals surface area contributed by atoms with Gasteiger partial charge in [0, 0.05) is 43.3 Å². The second-order valence-electron chi connectivity index (χ2n) is 12.1. The molecule has 2 aliphatic rings. The van der Waals surface area contributed by atoms with Crippen LogP contribution in [0.1, 0.15) is 54.4 Å². The topological polar surface area (TPSA) is 119 Å². The molecule has 6 atom stereocenters. The van der Waals surface area contributed by atoms with Gasteiger partial charge in [-0.15, -0.1) is 0 Å². The highest BCUT2D eigenvalue weighted by atomic mass is 16.7. The molecular formula is C36H45N3O7. The van der Waals surface area contributed by atoms with Gasteiger partial charge in [0.1, 0.15) is 6.04 Å². The molecule has 5 rings (SSSR count). The van der Waals surface area contributed by atoms with Crippen LogP contribution in [-0.2, 0) is 36.8 Å². The number of amides is 2. The number of esters is 1. The maximum atomic E-state index is 12.9. The van der Waals surface area contributed by atoms with Gasteiger partial charge in [0.15, 0.2) is 6.29 Å². The average Bonchev–Trinajstić information content (AvgIpc) is 3.52. The van der Waals surface area contributed by atoms with Crippen LogP contribution in [0.5, 0.6) is 0 Å². The van der Waals surface area contributed by atoms with Crippen molar-refractivity contribution in [3.8, 4) is 0 Å². The third-order valence-electron chi connectivity index (χ3n) is 8.91. The fourth-order valence-electron chi connectivity index (χ4n) is 6.31. The van der Waals surface area contributed by atoms with Gasteiger partial charge in [-0.25, -0.2) is 9.59 Å². The Balaban J connectivity index is 1.28. The lowest BCUT2D eigenvalue weighted by molar-refractivity contribution is -0.276. The van der Waals surface area contributed by atoms with Crippen LogP contribution in [0, 0.1) is 5.92 Å². The molecule has 246 valence electrons. The average molecular weight is 632 g/mol. The maximum absolute atomic E-state index is 12.9. The summed E-state index contributed by atoms with van der Waals surface area (Å²) in [4.78, 5) is 27.7. The van der Waals surface area contributed by atoms with Crippen molar-refractivity contribution in [2.45, 2.75) is 63.4 Å². The molecule has 2 aliphatic heterocycles. The second-order valence-corrected chi connectivity index (χ2v) is 12.1. The van der Waals surface area contributed by atoms with Crippen LogP contribution in [0.2, 0.25) is 0 Å². The highest BCUT2D eigenvalue weighted by Crippen LogP contribution is 2.42. The van der Waals surface area contributed by atoms with Crippen molar-refractivity contribution in [3.63, 3.8) is 0 Å². The Hall–Kier alpha value is -3.80. The van der Waals surface area contributed by atoms with Crippen LogP contribution in [0.4, 0.5) is 10.5 Å². The number of likely N-dealkylation sites (tertiary alicyclic amines) is 1. The molecule has 2 heterocycles. The predicted octanol–water partition coefficient (Wildman–Crippen LogP) is 4.99. The Morgan fingerprint density at radius 1 is 0.957 bits per heavy atom. The third kappa shape index (κ3) is 8.51. The summed E-state index contributed by atoms with van der Waals surface area (Å²) in [6.07, 6.45) is 1.62. The quantitative estimate of drug-likeness (QED) is 0.240. The van der Waals surface area contributed by atoms with Crippen molar-refractivity contribution in [2.24, 2.45) is 5.92 Å². The zero-order chi connectivity index (χ0) is 32.5. The van der Waals surface area contributed by atoms with E-state index in [2.05, 4.69) is 22.5 Å². The molecule has 3 aromatic rings. The molecule has 2 fully saturated rings. The van der Waals surface area contributed by atoms with Gasteiger partial charge in [0.05, 0.1) is 32.5 Å². The lowest BCUT2D eigenvalue weighted by atomic mass is 9.90. The van der Waals surface area contributed by atoms with E-state index in [1.165, 1.54) is 7.11 Å². The normalized spacial score (nSPS) is 23.9. The molecular weight excluding hydrogens is 586 g/mol. The van der Waals surface area contributed by atoms with Gasteiger partial charge in [-0.2, -0.15) is 0 Å². The van der Waals surface area contributed by atoms with Gasteiger partial charge in [-0.3, -0.25) is 4.90 Å². The number of rotatable bonds is 12. The van der Waals surface area contributed by atoms with Crippen LogP contribution >= 0.6 is 0 Å². The van der Waals surface area contributed by atoms with Gasteiger partial charge in [0.25, 0.3) is 0 Å². The van der Waals surface area contributed by atoms with Crippen molar-refractivity contribution >= 4 is 17.7 Å². The number of hydrogen-bond acceptors (Lipinski definition) is 8. The molecule has 10 nitrogen and oxygen atoms in total. The summed E-state index contributed by atoms with van der Waals surface area (Å²) >= 11 is 0. The molecule has 0 aliphatic carbocycles. The number of aliphatic hydroxyl groups excluding tert-OH is 1. The minimum Gasteiger partial charge on any atom is -0.467 e. The van der Waals surface area contributed by atoms with E-state index in [0.29, 0.717) is 24.8 Å². The van der Waals surface area contributed by atoms with Crippen molar-refractivity contribution < 1.29 is 33.6 Å². The fraction of sp³-hybridized carbons (Fsp3) is 0.444. The fourth-order valence-corrected chi connectivity index (χ4v) is 6.31. The number of benzene rings is 3. The zero-order valence-corrected chi connectivity index (χ0v) is 26.8. The molecule has 10 heteroatoms. The van der Waals surface area contributed by atoms with E-state index in [1.807, 2.05) is 66.7 Å². The van der Waals surface area contributed by atoms with Crippen molar-refractivity contribution in [3.05, 3.63) is 101 Å². The molecule has 2 amide bonds. The Bertz CT molecular complexity index is 1400. The first-order valence-corrected chi connectivity index (χ1v) is 15.9. The first-order chi connectivity index (χ1) is 22.4. The Kier molecular flexibility index (Phi) is 11.8. The number of anilines is 1. The number of urea groups is 1. The summed E-state index contributed by atoms with van der Waals surface area (Å²) in [5, 5.41) is 15.1. The number of carbonyl (C=O) groups excluding carboxylic acids is 2. The molecule has 0 radical (unpaired) electrons. The minimum absolute atomic E-state index is 0.0135. The molecule has 3 aromatic carbocycles. The van der Waals surface area contributed by atoms with E-state index in [1.54, 1.807) is 19.2 Å². The molecule has 0 unspecified atom stereocenters. The van der Waals surface area contributed by atoms with Crippen LogP contribution < -0.4 is 10.6 Å². The minimum atomic E-state index is -0.836. The van der Waals surface area contributed by atoms with E-state index in [0.717, 1.165) is 48.2 Å². The second kappa shape index (κ2) is 16.2. The highest BCUT2D eigenvalue weighted by molar-refractivity contribution is 5.92. The summed E-state index contributed by atoms with van der Waals surface area (Å²) in [5.74, 6) is -0.448. The molecule has 0 bridgehead atoms. The molecule has 3 N–H and O–H groups in total. The number of aliphatic hydroxyl groups is 1. The predicted molar refractivity (Wildman–Crippen MR) is 174 cm³/mol. The molecule has 0 spiro atoms. The van der Waals surface area contributed by atoms with Gasteiger partial charge in [0.2, 0.25) is 0 Å². The summed E-state index contributed by atoms with van der Waals surface area (Å²) < 4.78 is 23.7. The Labute approximate surface area is 271 Å². The van der Waals surface area contributed by atoms with E-state index in [-0.39, 0.29) is 24.7 Å². The van der Waals surface area contributed by atoms with E-state index in [4.69, 9.17) is 18.9 Å². The number of hydrogen-bond donors (Lipinski definition) is 3. The Morgan fingerprint density at radius 3 is 2.35 bits per heavy atom. The molecule has 0 aromatic heterocycles. The third-order valence-corrected chi connectivity index (χ3v) is 8.91. The largest absolute Gasteiger partial charge is 0.467 e. The summed E-state index contributed by atoms with van der Waals surface area (Å²) in [6, 6.07) is 23.7. The summed E-state index contributed by atoms with van der Waals surface area (Å²) in [5.41, 5.74) is 4.17. The number of nitrogens with one attached hydrogen (secondary N) is 2. The first kappa shape index (κ1) is 33.6. The lowest BCUT2D eigenvalue weighted by Crippen LogP contribution is -2.46. The van der Waals surface area contributed by atoms with Gasteiger partial charge in [-0.05, 0) is 48.2 Å². The number of nitrogens with zero attached hydrogens (tertiary/aromatic N) is 1. The molecule has 2 saturated heterocycles. The van der Waals surface area contributed by atoms with Crippen molar-refractivity contribution in [1.29, 1.82) is 0 Å². The highest BCUT2D eigenvalue weighted by Gasteiger charge is 2.40. The van der Waals surface area contributed by atoms with Gasteiger partial charge in [-0.1, -0.05) is 73.7 Å². The summed E-state index contributed by atoms with van der Waals surface area (Å²) in [7, 11) is 3.05. The van der Waals surface area contributed by atoms with Crippen LogP contribution in [0.25, 0.3) is 0 Å². The zero-order valence-electron chi connectivity index (χ0n) is 26.8. The van der Waals surface area contributed by atoms with Crippen molar-refractivity contribution in [1.82, 2.24) is 10.2 Å². The number of carbonyl (C=O) groups is 2. The maximum Gasteiger partial charge on any atom is 0.328 e. The van der Waals surface area contributed by atoms with Crippen LogP contribution in [-0.4, -0.2) is 74.1 Å². The van der Waals surface area contributed by atoms with Crippen LogP contribution in [0.15, 0.2) is 78.9 Å². The lowest BCUT2D eigenvalue weighted by Gasteiger charge is -2.43. The number of methoxy groups -OCH3 is 2. The van der Waals surface area contributed by atoms with E-state index in [9.17, 15) is 14.7 Å². The molecule has 0 saturated carbocycles. The monoisotopic (exact) mass is 631 g/mol. The first-order valence-electron chi connectivity index (χ1n) is 15.9. The standard InChI is InChI=1S/C36H45N3O7/c1-24-32(21-39-19-7-10-30(39)23-43-2)45-35(46-33(24)27-13-11-26(22-40)12-14-27)28-15-17-29(18-16-28)37-36(42)38-31(34(41)44-3)20-25-8-5-4-6-9-25/h4-6,8-9,11-18,24,30-33,35,40H,7,10,19-23H2,1-3H3,(H2,37,38,42)/t24-,30+,31+,32+,33+,35+/m1/s1. The number of ether oxygens (including phenoxy) is 4. The summed E-state index contributed by atoms with van der Waals surface area (Å²) in [6.45, 7) is 4.62. The van der Waals surface area contributed by atoms with E-state index < -0.39 is 24.3 Å². The van der Waals surface area contributed by atoms with E-state index >= 15 is 0 Å².